The van der Waals surface area contributed by atoms with Gasteiger partial charge in [-0.2, -0.15) is 4.31 Å². The smallest absolute Gasteiger partial charge is 0.293 e. The zero-order valence-corrected chi connectivity index (χ0v) is 17.2. The zero-order chi connectivity index (χ0) is 20.9. The highest BCUT2D eigenvalue weighted by Gasteiger charge is 2.21. The Kier molecular flexibility index (Phi) is 6.42. The third-order valence-corrected chi connectivity index (χ3v) is 6.06. The van der Waals surface area contributed by atoms with Gasteiger partial charge in [0, 0.05) is 19.3 Å². The molecule has 0 bridgehead atoms. The lowest BCUT2D eigenvalue weighted by atomic mass is 10.2. The number of carbonyl (C=O) groups is 1. The molecule has 29 heavy (non-hydrogen) atoms. The average molecular weight is 430 g/mol. The van der Waals surface area contributed by atoms with Crippen molar-refractivity contribution in [2.24, 2.45) is 0 Å². The van der Waals surface area contributed by atoms with E-state index >= 15 is 0 Å². The molecule has 0 unspecified atom stereocenters. The maximum atomic E-state index is 12.8. The van der Waals surface area contributed by atoms with E-state index in [4.69, 9.17) is 16.6 Å². The van der Waals surface area contributed by atoms with Crippen molar-refractivity contribution in [3.05, 3.63) is 84.3 Å². The fourth-order valence-corrected chi connectivity index (χ4v) is 3.92. The number of nitrogens with zero attached hydrogens (tertiary/aromatic N) is 1. The summed E-state index contributed by atoms with van der Waals surface area (Å²) in [5.74, 6) is -0.341. The van der Waals surface area contributed by atoms with Crippen LogP contribution < -0.4 is 10.6 Å². The van der Waals surface area contributed by atoms with Gasteiger partial charge >= 0.3 is 0 Å². The molecule has 1 heterocycles. The van der Waals surface area contributed by atoms with E-state index in [0.717, 1.165) is 5.56 Å². The maximum absolute atomic E-state index is 12.8. The number of nitrogens with one attached hydrogen (secondary N) is 2. The van der Waals surface area contributed by atoms with Gasteiger partial charge < -0.3 is 9.73 Å². The lowest BCUT2D eigenvalue weighted by Crippen LogP contribution is -2.33. The molecule has 1 aromatic heterocycles. The van der Waals surface area contributed by atoms with Crippen LogP contribution in [0.5, 0.6) is 0 Å². The van der Waals surface area contributed by atoms with Crippen LogP contribution in [0.4, 0.5) is 5.69 Å². The number of anilines is 1. The minimum absolute atomic E-state index is 0.0724. The molecule has 9 heteroatoms. The van der Waals surface area contributed by atoms with Crippen molar-refractivity contribution in [1.82, 2.24) is 9.62 Å². The minimum atomic E-state index is -3.64. The number of benzene rings is 2. The highest BCUT2D eigenvalue weighted by atomic mass is 32.2. The fraction of sp³-hybridized carbons (Fsp3) is 0.100. The number of rotatable bonds is 6. The lowest BCUT2D eigenvalue weighted by molar-refractivity contribution is 0.0950. The van der Waals surface area contributed by atoms with Gasteiger partial charge in [0.15, 0.2) is 10.9 Å². The first kappa shape index (κ1) is 20.7. The number of hydrogen-bond donors (Lipinski definition) is 2. The van der Waals surface area contributed by atoms with Crippen LogP contribution in [0, 0.1) is 0 Å². The second-order valence-electron chi connectivity index (χ2n) is 6.16. The second-order valence-corrected chi connectivity index (χ2v) is 8.61. The van der Waals surface area contributed by atoms with Crippen LogP contribution in [0.3, 0.4) is 0 Å². The number of carbonyl (C=O) groups excluding carboxylic acids is 1. The molecule has 0 spiro atoms. The Bertz CT molecular complexity index is 1080. The molecule has 0 radical (unpaired) electrons. The van der Waals surface area contributed by atoms with E-state index in [1.165, 1.54) is 35.8 Å². The number of amides is 1. The van der Waals surface area contributed by atoms with Gasteiger partial charge in [0.05, 0.1) is 11.2 Å². The Morgan fingerprint density at radius 2 is 1.72 bits per heavy atom. The SMILES string of the molecule is CN(Cc1ccccc1)S(=O)(=O)c1ccc(NC(=S)NC(=O)c2ccco2)cc1. The van der Waals surface area contributed by atoms with E-state index in [1.807, 2.05) is 30.3 Å². The van der Waals surface area contributed by atoms with Gasteiger partial charge in [0.2, 0.25) is 10.0 Å². The highest BCUT2D eigenvalue weighted by molar-refractivity contribution is 7.89. The first-order valence-corrected chi connectivity index (χ1v) is 10.5. The number of thiocarbonyl (C=S) groups is 1. The van der Waals surface area contributed by atoms with E-state index in [-0.39, 0.29) is 22.3 Å². The summed E-state index contributed by atoms with van der Waals surface area (Å²) >= 11 is 5.10. The van der Waals surface area contributed by atoms with Gasteiger partial charge in [-0.05, 0) is 54.2 Å². The first-order valence-electron chi connectivity index (χ1n) is 8.62. The molecule has 2 aromatic carbocycles. The van der Waals surface area contributed by atoms with Crippen molar-refractivity contribution in [2.45, 2.75) is 11.4 Å². The summed E-state index contributed by atoms with van der Waals surface area (Å²) in [6.07, 6.45) is 1.39. The Morgan fingerprint density at radius 3 is 2.34 bits per heavy atom. The minimum Gasteiger partial charge on any atom is -0.459 e. The molecule has 7 nitrogen and oxygen atoms in total. The van der Waals surface area contributed by atoms with Gasteiger partial charge in [-0.3, -0.25) is 10.1 Å². The molecule has 1 amide bonds. The van der Waals surface area contributed by atoms with Crippen LogP contribution >= 0.6 is 12.2 Å². The van der Waals surface area contributed by atoms with Crippen LogP contribution in [0.15, 0.2) is 82.3 Å². The lowest BCUT2D eigenvalue weighted by Gasteiger charge is -2.17. The summed E-state index contributed by atoms with van der Waals surface area (Å²) in [5.41, 5.74) is 1.44. The molecular formula is C20H19N3O4S2. The highest BCUT2D eigenvalue weighted by Crippen LogP contribution is 2.19. The quantitative estimate of drug-likeness (QED) is 0.585. The molecule has 0 saturated carbocycles. The van der Waals surface area contributed by atoms with Crippen LogP contribution in [0.2, 0.25) is 0 Å². The van der Waals surface area contributed by atoms with Gasteiger partial charge in [0.1, 0.15) is 0 Å². The van der Waals surface area contributed by atoms with E-state index in [0.29, 0.717) is 5.69 Å². The summed E-state index contributed by atoms with van der Waals surface area (Å²) in [7, 11) is -2.10. The van der Waals surface area contributed by atoms with Crippen LogP contribution in [0.25, 0.3) is 0 Å². The molecule has 0 saturated heterocycles. The zero-order valence-electron chi connectivity index (χ0n) is 15.5. The van der Waals surface area contributed by atoms with Gasteiger partial charge in [-0.1, -0.05) is 30.3 Å². The third kappa shape index (κ3) is 5.29. The molecule has 3 aromatic rings. The van der Waals surface area contributed by atoms with Crippen LogP contribution in [-0.4, -0.2) is 30.8 Å². The molecule has 2 N–H and O–H groups in total. The van der Waals surface area contributed by atoms with Crippen molar-refractivity contribution in [2.75, 3.05) is 12.4 Å². The molecule has 0 fully saturated rings. The standard InChI is InChI=1S/C20H19N3O4S2/c1-23(14-15-6-3-2-4-7-15)29(25,26)17-11-9-16(10-12-17)21-20(28)22-19(24)18-8-5-13-27-18/h2-13H,14H2,1H3,(H2,21,22,24,28). The summed E-state index contributed by atoms with van der Waals surface area (Å²) in [5, 5.41) is 5.39. The van der Waals surface area contributed by atoms with Crippen molar-refractivity contribution in [3.63, 3.8) is 0 Å². The van der Waals surface area contributed by atoms with Gasteiger partial charge in [-0.15, -0.1) is 0 Å². The normalized spacial score (nSPS) is 11.2. The molecular weight excluding hydrogens is 410 g/mol. The maximum Gasteiger partial charge on any atom is 0.293 e. The van der Waals surface area contributed by atoms with Crippen molar-refractivity contribution in [3.8, 4) is 0 Å². The Hall–Kier alpha value is -3.01. The molecule has 0 aliphatic heterocycles. The van der Waals surface area contributed by atoms with E-state index in [1.54, 1.807) is 18.2 Å². The largest absolute Gasteiger partial charge is 0.459 e. The van der Waals surface area contributed by atoms with Crippen molar-refractivity contribution >= 4 is 38.9 Å². The molecule has 0 atom stereocenters. The number of furan rings is 1. The predicted octanol–water partition coefficient (Wildman–Crippen LogP) is 3.23. The number of sulfonamides is 1. The van der Waals surface area contributed by atoms with Crippen LogP contribution in [0.1, 0.15) is 16.1 Å². The van der Waals surface area contributed by atoms with Crippen molar-refractivity contribution in [1.29, 1.82) is 0 Å². The van der Waals surface area contributed by atoms with Crippen molar-refractivity contribution < 1.29 is 17.6 Å². The molecule has 0 aliphatic rings. The molecule has 0 aliphatic carbocycles. The second kappa shape index (κ2) is 8.99. The van der Waals surface area contributed by atoms with E-state index < -0.39 is 15.9 Å². The predicted molar refractivity (Wildman–Crippen MR) is 114 cm³/mol. The van der Waals surface area contributed by atoms with E-state index in [2.05, 4.69) is 10.6 Å². The number of hydrogen-bond acceptors (Lipinski definition) is 5. The summed E-state index contributed by atoms with van der Waals surface area (Å²) in [4.78, 5) is 12.1. The average Bonchev–Trinajstić information content (AvgIpc) is 3.24. The molecule has 150 valence electrons. The third-order valence-electron chi connectivity index (χ3n) is 4.04. The summed E-state index contributed by atoms with van der Waals surface area (Å²) in [6, 6.07) is 18.6. The Balaban J connectivity index is 1.62. The Labute approximate surface area is 174 Å². The topological polar surface area (TPSA) is 91.7 Å². The molecule has 3 rings (SSSR count). The monoisotopic (exact) mass is 429 g/mol. The van der Waals surface area contributed by atoms with Gasteiger partial charge in [-0.25, -0.2) is 8.42 Å². The Morgan fingerprint density at radius 1 is 1.03 bits per heavy atom. The first-order chi connectivity index (χ1) is 13.9. The fourth-order valence-electron chi connectivity index (χ4n) is 2.55. The van der Waals surface area contributed by atoms with Gasteiger partial charge in [0.25, 0.3) is 5.91 Å². The summed E-state index contributed by atoms with van der Waals surface area (Å²) < 4.78 is 31.8. The van der Waals surface area contributed by atoms with Crippen LogP contribution in [-0.2, 0) is 16.6 Å². The summed E-state index contributed by atoms with van der Waals surface area (Å²) in [6.45, 7) is 0.270. The van der Waals surface area contributed by atoms with E-state index in [9.17, 15) is 13.2 Å².